The van der Waals surface area contributed by atoms with E-state index in [-0.39, 0.29) is 0 Å². The van der Waals surface area contributed by atoms with E-state index in [1.165, 1.54) is 22.4 Å². The fraction of sp³-hybridized carbons (Fsp3) is 0.333. The number of aryl methyl sites for hydroxylation is 1. The molecule has 0 saturated heterocycles. The first-order chi connectivity index (χ1) is 5.75. The Kier molecular flexibility index (Phi) is 1.76. The lowest BCUT2D eigenvalue weighted by Gasteiger charge is -2.07. The molecular weight excluding hydrogens is 144 g/mol. The Bertz CT molecular complexity index is 399. The Morgan fingerprint density at radius 2 is 2.08 bits per heavy atom. The van der Waals surface area contributed by atoms with Gasteiger partial charge in [-0.1, -0.05) is 42.8 Å². The van der Waals surface area contributed by atoms with Gasteiger partial charge in [0.2, 0.25) is 0 Å². The largest absolute Gasteiger partial charge is 0.0761 e. The minimum absolute atomic E-state index is 0.708. The van der Waals surface area contributed by atoms with E-state index >= 15 is 0 Å². The lowest BCUT2D eigenvalue weighted by atomic mass is 9.98. The van der Waals surface area contributed by atoms with E-state index in [1.54, 1.807) is 0 Å². The minimum Gasteiger partial charge on any atom is -0.0761 e. The van der Waals surface area contributed by atoms with Gasteiger partial charge in [-0.25, -0.2) is 0 Å². The highest BCUT2D eigenvalue weighted by molar-refractivity contribution is 5.41. The van der Waals surface area contributed by atoms with E-state index in [4.69, 9.17) is 0 Å². The van der Waals surface area contributed by atoms with Crippen molar-refractivity contribution >= 4 is 12.2 Å². The van der Waals surface area contributed by atoms with Gasteiger partial charge in [0, 0.05) is 0 Å². The average Bonchev–Trinajstić information content (AvgIpc) is 2.03. The monoisotopic (exact) mass is 158 g/mol. The van der Waals surface area contributed by atoms with Crippen molar-refractivity contribution in [2.24, 2.45) is 5.92 Å². The summed E-state index contributed by atoms with van der Waals surface area (Å²) in [5.74, 6) is 0.708. The van der Waals surface area contributed by atoms with Crippen LogP contribution in [0.3, 0.4) is 0 Å². The highest BCUT2D eigenvalue weighted by Gasteiger charge is 2.00. The molecule has 0 fully saturated rings. The summed E-state index contributed by atoms with van der Waals surface area (Å²) in [6.07, 6.45) is 5.89. The molecule has 1 aliphatic carbocycles. The molecule has 0 heteroatoms. The van der Waals surface area contributed by atoms with Gasteiger partial charge in [-0.15, -0.1) is 0 Å². The second kappa shape index (κ2) is 2.78. The molecular formula is C12H14. The van der Waals surface area contributed by atoms with Crippen LogP contribution in [-0.4, -0.2) is 0 Å². The maximum Gasteiger partial charge on any atom is -0.0218 e. The first kappa shape index (κ1) is 7.60. The lowest BCUT2D eigenvalue weighted by molar-refractivity contribution is 0.800. The maximum absolute atomic E-state index is 2.36. The van der Waals surface area contributed by atoms with Crippen LogP contribution in [0.25, 0.3) is 12.2 Å². The smallest absolute Gasteiger partial charge is 0.0218 e. The molecule has 0 nitrogen and oxygen atoms in total. The summed E-state index contributed by atoms with van der Waals surface area (Å²) in [7, 11) is 0. The van der Waals surface area contributed by atoms with Gasteiger partial charge >= 0.3 is 0 Å². The normalized spacial score (nSPS) is 20.7. The van der Waals surface area contributed by atoms with Crippen molar-refractivity contribution in [1.82, 2.24) is 0 Å². The zero-order valence-electron chi connectivity index (χ0n) is 7.67. The predicted molar refractivity (Wildman–Crippen MR) is 53.1 cm³/mol. The number of rotatable bonds is 0. The quantitative estimate of drug-likeness (QED) is 0.538. The van der Waals surface area contributed by atoms with E-state index in [2.05, 4.69) is 44.2 Å². The van der Waals surface area contributed by atoms with Gasteiger partial charge in [0.25, 0.3) is 0 Å². The van der Waals surface area contributed by atoms with Crippen molar-refractivity contribution in [2.75, 3.05) is 0 Å². The Hall–Kier alpha value is -1.04. The summed E-state index contributed by atoms with van der Waals surface area (Å²) in [5, 5.41) is 2.81. The molecule has 0 heterocycles. The summed E-state index contributed by atoms with van der Waals surface area (Å²) in [6.45, 7) is 4.41. The molecule has 1 atom stereocenters. The summed E-state index contributed by atoms with van der Waals surface area (Å²) in [4.78, 5) is 0. The van der Waals surface area contributed by atoms with Gasteiger partial charge < -0.3 is 0 Å². The van der Waals surface area contributed by atoms with Gasteiger partial charge in [-0.3, -0.25) is 0 Å². The third-order valence-corrected chi connectivity index (χ3v) is 2.42. The predicted octanol–water partition coefficient (Wildman–Crippen LogP) is 1.60. The van der Waals surface area contributed by atoms with Crippen molar-refractivity contribution in [3.63, 3.8) is 0 Å². The third kappa shape index (κ3) is 1.29. The molecule has 12 heavy (non-hydrogen) atoms. The first-order valence-electron chi connectivity index (χ1n) is 4.54. The molecule has 0 bridgehead atoms. The standard InChI is InChI=1S/C12H14/c1-9-3-5-11-6-4-10(2)8-12(11)7-9/h3,5-8,10H,4H2,1-2H3. The van der Waals surface area contributed by atoms with Crippen molar-refractivity contribution in [2.45, 2.75) is 20.3 Å². The molecule has 0 saturated carbocycles. The Morgan fingerprint density at radius 1 is 1.25 bits per heavy atom. The van der Waals surface area contributed by atoms with E-state index in [1.807, 2.05) is 0 Å². The molecule has 62 valence electrons. The lowest BCUT2D eigenvalue weighted by Crippen LogP contribution is -2.28. The second-order valence-corrected chi connectivity index (χ2v) is 3.72. The Balaban J connectivity index is 2.72. The summed E-state index contributed by atoms with van der Waals surface area (Å²) in [5.41, 5.74) is 1.35. The van der Waals surface area contributed by atoms with Gasteiger partial charge in [0.1, 0.15) is 0 Å². The second-order valence-electron chi connectivity index (χ2n) is 3.72. The minimum atomic E-state index is 0.708. The number of hydrogen-bond donors (Lipinski definition) is 0. The molecule has 2 rings (SSSR count). The van der Waals surface area contributed by atoms with Crippen molar-refractivity contribution in [3.05, 3.63) is 34.2 Å². The Labute approximate surface area is 73.2 Å². The summed E-state index contributed by atoms with van der Waals surface area (Å²) < 4.78 is 0. The molecule has 0 aliphatic heterocycles. The molecule has 1 unspecified atom stereocenters. The fourth-order valence-electron chi connectivity index (χ4n) is 1.71. The Morgan fingerprint density at radius 3 is 2.92 bits per heavy atom. The summed E-state index contributed by atoms with van der Waals surface area (Å²) in [6, 6.07) is 6.66. The summed E-state index contributed by atoms with van der Waals surface area (Å²) >= 11 is 0. The molecule has 1 aromatic carbocycles. The van der Waals surface area contributed by atoms with Crippen LogP contribution in [0.2, 0.25) is 0 Å². The topological polar surface area (TPSA) is 0 Å². The van der Waals surface area contributed by atoms with Crippen molar-refractivity contribution in [3.8, 4) is 0 Å². The van der Waals surface area contributed by atoms with E-state index in [0.29, 0.717) is 5.92 Å². The van der Waals surface area contributed by atoms with E-state index in [0.717, 1.165) is 0 Å². The zero-order valence-corrected chi connectivity index (χ0v) is 7.67. The van der Waals surface area contributed by atoms with Crippen LogP contribution >= 0.6 is 0 Å². The van der Waals surface area contributed by atoms with Gasteiger partial charge in [-0.05, 0) is 29.7 Å². The van der Waals surface area contributed by atoms with Crippen LogP contribution in [0.1, 0.15) is 18.9 Å². The molecule has 0 spiro atoms. The van der Waals surface area contributed by atoms with Crippen molar-refractivity contribution < 1.29 is 0 Å². The zero-order chi connectivity index (χ0) is 8.55. The molecule has 0 radical (unpaired) electrons. The molecule has 0 amide bonds. The van der Waals surface area contributed by atoms with Crippen LogP contribution in [0, 0.1) is 12.8 Å². The van der Waals surface area contributed by atoms with E-state index in [9.17, 15) is 0 Å². The van der Waals surface area contributed by atoms with Crippen LogP contribution in [-0.2, 0) is 0 Å². The average molecular weight is 158 g/mol. The van der Waals surface area contributed by atoms with Gasteiger partial charge in [0.05, 0.1) is 0 Å². The number of fused-ring (bicyclic) bond motifs is 1. The van der Waals surface area contributed by atoms with Crippen LogP contribution < -0.4 is 10.4 Å². The van der Waals surface area contributed by atoms with Crippen LogP contribution in [0.4, 0.5) is 0 Å². The number of hydrogen-bond acceptors (Lipinski definition) is 0. The molecule has 0 N–H and O–H groups in total. The van der Waals surface area contributed by atoms with E-state index < -0.39 is 0 Å². The fourth-order valence-corrected chi connectivity index (χ4v) is 1.71. The van der Waals surface area contributed by atoms with Crippen LogP contribution in [0.15, 0.2) is 18.2 Å². The van der Waals surface area contributed by atoms with Crippen molar-refractivity contribution in [1.29, 1.82) is 0 Å². The third-order valence-electron chi connectivity index (χ3n) is 2.42. The number of benzene rings is 1. The maximum atomic E-state index is 2.36. The van der Waals surface area contributed by atoms with Crippen LogP contribution in [0.5, 0.6) is 0 Å². The SMILES string of the molecule is Cc1ccc2c(c1)=CC(C)CC=2. The molecule has 1 aromatic rings. The highest BCUT2D eigenvalue weighted by atomic mass is 14.0. The molecule has 1 aliphatic rings. The first-order valence-corrected chi connectivity index (χ1v) is 4.54. The van der Waals surface area contributed by atoms with Gasteiger partial charge in [-0.2, -0.15) is 0 Å². The highest BCUT2D eigenvalue weighted by Crippen LogP contribution is 2.06. The van der Waals surface area contributed by atoms with Gasteiger partial charge in [0.15, 0.2) is 0 Å². The molecule has 0 aromatic heterocycles.